The Bertz CT molecular complexity index is 1040. The Morgan fingerprint density at radius 1 is 0.885 bits per heavy atom. The zero-order valence-electron chi connectivity index (χ0n) is 13.8. The van der Waals surface area contributed by atoms with E-state index in [9.17, 15) is 0 Å². The maximum Gasteiger partial charge on any atom is 0.232 e. The van der Waals surface area contributed by atoms with Crippen molar-refractivity contribution in [3.8, 4) is 22.8 Å². The smallest absolute Gasteiger partial charge is 0.232 e. The SMILES string of the molecule is Clc1ccc(C[n+]2cccc(-c3ncc(-c4ccccc4)o3)c2)cc1Cl. The molecule has 3 nitrogen and oxygen atoms in total. The van der Waals surface area contributed by atoms with E-state index in [1.807, 2.05) is 73.1 Å². The third kappa shape index (κ3) is 3.64. The highest BCUT2D eigenvalue weighted by atomic mass is 35.5. The first-order valence-corrected chi connectivity index (χ1v) is 8.89. The third-order valence-corrected chi connectivity index (χ3v) is 4.76. The van der Waals surface area contributed by atoms with Crippen LogP contribution in [0.3, 0.4) is 0 Å². The van der Waals surface area contributed by atoms with E-state index in [0.717, 1.165) is 22.5 Å². The van der Waals surface area contributed by atoms with Gasteiger partial charge in [0.25, 0.3) is 0 Å². The second-order valence-corrected chi connectivity index (χ2v) is 6.72. The minimum absolute atomic E-state index is 0.557. The monoisotopic (exact) mass is 381 g/mol. The molecule has 0 saturated carbocycles. The van der Waals surface area contributed by atoms with Gasteiger partial charge in [0, 0.05) is 17.2 Å². The van der Waals surface area contributed by atoms with Crippen molar-refractivity contribution >= 4 is 23.2 Å². The van der Waals surface area contributed by atoms with Gasteiger partial charge in [-0.2, -0.15) is 4.57 Å². The van der Waals surface area contributed by atoms with Gasteiger partial charge in [-0.05, 0) is 18.2 Å². The van der Waals surface area contributed by atoms with Gasteiger partial charge in [0.15, 0.2) is 24.7 Å². The van der Waals surface area contributed by atoms with E-state index in [1.165, 1.54) is 0 Å². The van der Waals surface area contributed by atoms with Gasteiger partial charge in [-0.1, -0.05) is 59.6 Å². The summed E-state index contributed by atoms with van der Waals surface area (Å²) in [7, 11) is 0. The van der Waals surface area contributed by atoms with E-state index in [2.05, 4.69) is 9.55 Å². The molecule has 0 atom stereocenters. The minimum Gasteiger partial charge on any atom is -0.436 e. The maximum absolute atomic E-state index is 6.10. The van der Waals surface area contributed by atoms with Crippen molar-refractivity contribution in [2.24, 2.45) is 0 Å². The molecule has 2 aromatic heterocycles. The van der Waals surface area contributed by atoms with Crippen molar-refractivity contribution in [1.29, 1.82) is 0 Å². The lowest BCUT2D eigenvalue weighted by Gasteiger charge is -2.01. The Balaban J connectivity index is 1.60. The summed E-state index contributed by atoms with van der Waals surface area (Å²) in [6.45, 7) is 0.678. The standard InChI is InChI=1S/C21H15Cl2N2O/c22-18-9-8-15(11-19(18)23)13-25-10-4-7-17(14-25)21-24-12-20(26-21)16-5-2-1-3-6-16/h1-12,14H,13H2/q+1. The number of benzene rings is 2. The minimum atomic E-state index is 0.557. The molecule has 0 radical (unpaired) electrons. The molecule has 0 aliphatic rings. The number of pyridine rings is 1. The van der Waals surface area contributed by atoms with Crippen molar-refractivity contribution < 1.29 is 8.98 Å². The van der Waals surface area contributed by atoms with E-state index in [0.29, 0.717) is 22.5 Å². The summed E-state index contributed by atoms with van der Waals surface area (Å²) in [6.07, 6.45) is 5.75. The molecule has 0 saturated heterocycles. The summed E-state index contributed by atoms with van der Waals surface area (Å²) in [5.74, 6) is 1.34. The van der Waals surface area contributed by atoms with Crippen LogP contribution in [0.15, 0.2) is 83.7 Å². The number of rotatable bonds is 4. The van der Waals surface area contributed by atoms with Crippen LogP contribution in [0.25, 0.3) is 22.8 Å². The molecule has 0 amide bonds. The highest BCUT2D eigenvalue weighted by Crippen LogP contribution is 2.25. The molecule has 0 aliphatic heterocycles. The van der Waals surface area contributed by atoms with Crippen molar-refractivity contribution in [2.75, 3.05) is 0 Å². The molecule has 0 bridgehead atoms. The molecule has 2 aromatic carbocycles. The van der Waals surface area contributed by atoms with E-state index in [1.54, 1.807) is 6.20 Å². The van der Waals surface area contributed by atoms with E-state index >= 15 is 0 Å². The predicted octanol–water partition coefficient (Wildman–Crippen LogP) is 5.65. The molecule has 0 aliphatic carbocycles. The first kappa shape index (κ1) is 16.8. The fourth-order valence-corrected chi connectivity index (χ4v) is 3.06. The fourth-order valence-electron chi connectivity index (χ4n) is 2.74. The van der Waals surface area contributed by atoms with Gasteiger partial charge < -0.3 is 4.42 Å². The summed E-state index contributed by atoms with van der Waals surface area (Å²) in [4.78, 5) is 4.42. The lowest BCUT2D eigenvalue weighted by atomic mass is 10.2. The maximum atomic E-state index is 6.10. The second-order valence-electron chi connectivity index (χ2n) is 5.91. The number of oxazole rings is 1. The van der Waals surface area contributed by atoms with Crippen molar-refractivity contribution in [1.82, 2.24) is 4.98 Å². The van der Waals surface area contributed by atoms with Crippen LogP contribution < -0.4 is 4.57 Å². The van der Waals surface area contributed by atoms with Gasteiger partial charge in [0.2, 0.25) is 5.89 Å². The number of nitrogens with zero attached hydrogens (tertiary/aromatic N) is 2. The van der Waals surface area contributed by atoms with Crippen LogP contribution in [-0.4, -0.2) is 4.98 Å². The van der Waals surface area contributed by atoms with E-state index < -0.39 is 0 Å². The van der Waals surface area contributed by atoms with Gasteiger partial charge in [0.1, 0.15) is 5.56 Å². The summed E-state index contributed by atoms with van der Waals surface area (Å²) < 4.78 is 7.99. The van der Waals surface area contributed by atoms with E-state index in [4.69, 9.17) is 27.6 Å². The quantitative estimate of drug-likeness (QED) is 0.427. The van der Waals surface area contributed by atoms with Crippen molar-refractivity contribution in [2.45, 2.75) is 6.54 Å². The molecule has 0 unspecified atom stereocenters. The normalized spacial score (nSPS) is 10.8. The van der Waals surface area contributed by atoms with Gasteiger partial charge in [-0.25, -0.2) is 4.98 Å². The topological polar surface area (TPSA) is 29.9 Å². The number of aromatic nitrogens is 2. The first-order valence-electron chi connectivity index (χ1n) is 8.14. The Labute approximate surface area is 161 Å². The molecule has 0 spiro atoms. The zero-order chi connectivity index (χ0) is 17.9. The van der Waals surface area contributed by atoms with Crippen LogP contribution in [0.2, 0.25) is 10.0 Å². The Morgan fingerprint density at radius 3 is 2.50 bits per heavy atom. The molecule has 0 fully saturated rings. The zero-order valence-corrected chi connectivity index (χ0v) is 15.3. The highest BCUT2D eigenvalue weighted by Gasteiger charge is 2.13. The van der Waals surface area contributed by atoms with Crippen LogP contribution in [0.5, 0.6) is 0 Å². The molecule has 4 aromatic rings. The van der Waals surface area contributed by atoms with Crippen LogP contribution in [0.1, 0.15) is 5.56 Å². The first-order chi connectivity index (χ1) is 12.7. The highest BCUT2D eigenvalue weighted by molar-refractivity contribution is 6.42. The van der Waals surface area contributed by atoms with Crippen LogP contribution in [-0.2, 0) is 6.54 Å². The molecule has 5 heteroatoms. The molecular formula is C21H15Cl2N2O+. The summed E-state index contributed by atoms with van der Waals surface area (Å²) in [5, 5.41) is 1.11. The van der Waals surface area contributed by atoms with E-state index in [-0.39, 0.29) is 0 Å². The largest absolute Gasteiger partial charge is 0.436 e. The van der Waals surface area contributed by atoms with Gasteiger partial charge in [-0.3, -0.25) is 0 Å². The lowest BCUT2D eigenvalue weighted by Crippen LogP contribution is -2.33. The number of halogens is 2. The Hall–Kier alpha value is -2.62. The number of hydrogen-bond donors (Lipinski definition) is 0. The second kappa shape index (κ2) is 7.32. The van der Waals surface area contributed by atoms with Crippen molar-refractivity contribution in [3.05, 3.63) is 94.9 Å². The predicted molar refractivity (Wildman–Crippen MR) is 103 cm³/mol. The summed E-state index contributed by atoms with van der Waals surface area (Å²) >= 11 is 12.1. The van der Waals surface area contributed by atoms with Gasteiger partial charge in [0.05, 0.1) is 16.2 Å². The molecule has 128 valence electrons. The van der Waals surface area contributed by atoms with Gasteiger partial charge >= 0.3 is 0 Å². The van der Waals surface area contributed by atoms with Gasteiger partial charge in [-0.15, -0.1) is 0 Å². The number of hydrogen-bond acceptors (Lipinski definition) is 2. The average Bonchev–Trinajstić information content (AvgIpc) is 3.16. The molecule has 0 N–H and O–H groups in total. The van der Waals surface area contributed by atoms with Crippen molar-refractivity contribution in [3.63, 3.8) is 0 Å². The third-order valence-electron chi connectivity index (χ3n) is 4.02. The molecule has 2 heterocycles. The Morgan fingerprint density at radius 2 is 1.69 bits per heavy atom. The molecule has 4 rings (SSSR count). The molecular weight excluding hydrogens is 367 g/mol. The summed E-state index contributed by atoms with van der Waals surface area (Å²) in [6, 6.07) is 19.5. The van der Waals surface area contributed by atoms with Crippen LogP contribution >= 0.6 is 23.2 Å². The summed E-state index contributed by atoms with van der Waals surface area (Å²) in [5.41, 5.74) is 2.99. The Kier molecular flexibility index (Phi) is 4.74. The fraction of sp³-hybridized carbons (Fsp3) is 0.0476. The van der Waals surface area contributed by atoms with Crippen LogP contribution in [0, 0.1) is 0 Å². The van der Waals surface area contributed by atoms with Crippen LogP contribution in [0.4, 0.5) is 0 Å². The lowest BCUT2D eigenvalue weighted by molar-refractivity contribution is -0.687. The molecule has 26 heavy (non-hydrogen) atoms. The average molecular weight is 382 g/mol.